The Bertz CT molecular complexity index is 829. The van der Waals surface area contributed by atoms with Crippen LogP contribution >= 0.6 is 0 Å². The van der Waals surface area contributed by atoms with Crippen LogP contribution in [0.3, 0.4) is 0 Å². The molecule has 0 bridgehead atoms. The SMILES string of the molecule is COC(=O)c1cc(-c2cc(C3CCOC3)c(C#N)c(N)n2)c(C)o1. The number of anilines is 1. The highest BCUT2D eigenvalue weighted by atomic mass is 16.5. The van der Waals surface area contributed by atoms with E-state index in [2.05, 4.69) is 15.8 Å². The molecular formula is C17H17N3O4. The summed E-state index contributed by atoms with van der Waals surface area (Å²) in [5, 5.41) is 9.39. The Morgan fingerprint density at radius 2 is 2.29 bits per heavy atom. The van der Waals surface area contributed by atoms with E-state index >= 15 is 0 Å². The van der Waals surface area contributed by atoms with Gasteiger partial charge in [0.25, 0.3) is 0 Å². The maximum atomic E-state index is 11.6. The number of nitriles is 1. The zero-order valence-corrected chi connectivity index (χ0v) is 13.5. The van der Waals surface area contributed by atoms with Gasteiger partial charge >= 0.3 is 5.97 Å². The zero-order chi connectivity index (χ0) is 17.3. The number of ether oxygens (including phenoxy) is 2. The van der Waals surface area contributed by atoms with E-state index in [4.69, 9.17) is 14.9 Å². The predicted molar refractivity (Wildman–Crippen MR) is 85.3 cm³/mol. The molecule has 1 atom stereocenters. The number of aryl methyl sites for hydroxylation is 1. The molecule has 0 radical (unpaired) electrons. The van der Waals surface area contributed by atoms with Gasteiger partial charge < -0.3 is 19.6 Å². The molecule has 1 unspecified atom stereocenters. The number of hydrogen-bond acceptors (Lipinski definition) is 7. The van der Waals surface area contributed by atoms with Crippen molar-refractivity contribution in [3.63, 3.8) is 0 Å². The Morgan fingerprint density at radius 3 is 2.92 bits per heavy atom. The number of nitrogens with two attached hydrogens (primary N) is 1. The first-order valence-corrected chi connectivity index (χ1v) is 7.52. The smallest absolute Gasteiger partial charge is 0.373 e. The summed E-state index contributed by atoms with van der Waals surface area (Å²) < 4.78 is 15.5. The van der Waals surface area contributed by atoms with Crippen LogP contribution in [0.4, 0.5) is 5.82 Å². The fraction of sp³-hybridized carbons (Fsp3) is 0.353. The molecule has 3 heterocycles. The molecule has 0 saturated carbocycles. The highest BCUT2D eigenvalue weighted by molar-refractivity contribution is 5.88. The van der Waals surface area contributed by atoms with Gasteiger partial charge in [0.2, 0.25) is 5.76 Å². The number of hydrogen-bond donors (Lipinski definition) is 1. The number of esters is 1. The summed E-state index contributed by atoms with van der Waals surface area (Å²) in [5.41, 5.74) is 8.38. The van der Waals surface area contributed by atoms with Crippen molar-refractivity contribution in [1.82, 2.24) is 4.98 Å². The van der Waals surface area contributed by atoms with Gasteiger partial charge in [0, 0.05) is 24.2 Å². The van der Waals surface area contributed by atoms with Crippen molar-refractivity contribution in [2.24, 2.45) is 0 Å². The van der Waals surface area contributed by atoms with Crippen molar-refractivity contribution in [2.45, 2.75) is 19.3 Å². The Balaban J connectivity index is 2.11. The lowest BCUT2D eigenvalue weighted by molar-refractivity contribution is 0.0563. The van der Waals surface area contributed by atoms with E-state index in [-0.39, 0.29) is 17.5 Å². The molecule has 7 nitrogen and oxygen atoms in total. The van der Waals surface area contributed by atoms with E-state index in [0.29, 0.717) is 35.8 Å². The van der Waals surface area contributed by atoms with Crippen LogP contribution in [0.5, 0.6) is 0 Å². The van der Waals surface area contributed by atoms with E-state index < -0.39 is 5.97 Å². The summed E-state index contributed by atoms with van der Waals surface area (Å²) in [6.45, 7) is 2.94. The normalized spacial score (nSPS) is 16.8. The fourth-order valence-corrected chi connectivity index (χ4v) is 2.88. The molecule has 24 heavy (non-hydrogen) atoms. The number of aromatic nitrogens is 1. The maximum absolute atomic E-state index is 11.6. The quantitative estimate of drug-likeness (QED) is 0.861. The Labute approximate surface area is 139 Å². The van der Waals surface area contributed by atoms with E-state index in [1.807, 2.05) is 6.07 Å². The predicted octanol–water partition coefficient (Wildman–Crippen LogP) is 2.39. The van der Waals surface area contributed by atoms with Gasteiger partial charge in [-0.3, -0.25) is 0 Å². The minimum atomic E-state index is -0.560. The Kier molecular flexibility index (Phi) is 4.23. The first kappa shape index (κ1) is 16.0. The molecule has 1 aliphatic heterocycles. The van der Waals surface area contributed by atoms with Crippen LogP contribution in [0.25, 0.3) is 11.3 Å². The van der Waals surface area contributed by atoms with Crippen LogP contribution in [0.1, 0.15) is 39.8 Å². The van der Waals surface area contributed by atoms with E-state index in [1.165, 1.54) is 7.11 Å². The van der Waals surface area contributed by atoms with Crippen molar-refractivity contribution in [1.29, 1.82) is 5.26 Å². The number of nitrogens with zero attached hydrogens (tertiary/aromatic N) is 2. The summed E-state index contributed by atoms with van der Waals surface area (Å²) in [7, 11) is 1.29. The summed E-state index contributed by atoms with van der Waals surface area (Å²) in [4.78, 5) is 15.9. The molecule has 1 fully saturated rings. The van der Waals surface area contributed by atoms with Gasteiger partial charge in [-0.1, -0.05) is 0 Å². The number of rotatable bonds is 3. The lowest BCUT2D eigenvalue weighted by atomic mass is 9.93. The van der Waals surface area contributed by atoms with Gasteiger partial charge in [0.05, 0.1) is 25.0 Å². The first-order chi connectivity index (χ1) is 11.5. The number of carbonyl (C=O) groups is 1. The minimum Gasteiger partial charge on any atom is -0.463 e. The number of pyridine rings is 1. The standard InChI is InChI=1S/C17H17N3O4/c1-9-11(6-15(24-9)17(21)22-2)14-5-12(10-3-4-23-8-10)13(7-18)16(19)20-14/h5-6,10H,3-4,8H2,1-2H3,(H2,19,20). The van der Waals surface area contributed by atoms with Gasteiger partial charge in [-0.15, -0.1) is 0 Å². The van der Waals surface area contributed by atoms with Crippen molar-refractivity contribution >= 4 is 11.8 Å². The van der Waals surface area contributed by atoms with Gasteiger partial charge in [-0.2, -0.15) is 5.26 Å². The second-order valence-electron chi connectivity index (χ2n) is 5.60. The summed E-state index contributed by atoms with van der Waals surface area (Å²) >= 11 is 0. The first-order valence-electron chi connectivity index (χ1n) is 7.52. The molecule has 124 valence electrons. The Morgan fingerprint density at radius 1 is 1.50 bits per heavy atom. The number of carbonyl (C=O) groups excluding carboxylic acids is 1. The molecule has 1 aliphatic rings. The van der Waals surface area contributed by atoms with Gasteiger partial charge in [0.15, 0.2) is 0 Å². The van der Waals surface area contributed by atoms with Crippen molar-refractivity contribution in [2.75, 3.05) is 26.1 Å². The van der Waals surface area contributed by atoms with Crippen LogP contribution < -0.4 is 5.73 Å². The summed E-state index contributed by atoms with van der Waals surface area (Å²) in [6.07, 6.45) is 0.829. The summed E-state index contributed by atoms with van der Waals surface area (Å²) in [6, 6.07) is 5.53. The van der Waals surface area contributed by atoms with Crippen LogP contribution in [0.15, 0.2) is 16.5 Å². The molecule has 7 heteroatoms. The highest BCUT2D eigenvalue weighted by Crippen LogP contribution is 2.34. The minimum absolute atomic E-state index is 0.0977. The highest BCUT2D eigenvalue weighted by Gasteiger charge is 2.25. The summed E-state index contributed by atoms with van der Waals surface area (Å²) in [5.74, 6) is 0.338. The molecule has 0 aromatic carbocycles. The van der Waals surface area contributed by atoms with Crippen LogP contribution in [0.2, 0.25) is 0 Å². The largest absolute Gasteiger partial charge is 0.463 e. The monoisotopic (exact) mass is 327 g/mol. The third kappa shape index (κ3) is 2.72. The van der Waals surface area contributed by atoms with Gasteiger partial charge in [-0.25, -0.2) is 9.78 Å². The molecule has 1 saturated heterocycles. The molecule has 0 aliphatic carbocycles. The average molecular weight is 327 g/mol. The number of methoxy groups -OCH3 is 1. The van der Waals surface area contributed by atoms with Crippen molar-refractivity contribution in [3.8, 4) is 17.3 Å². The van der Waals surface area contributed by atoms with Crippen LogP contribution in [-0.4, -0.2) is 31.3 Å². The molecule has 2 N–H and O–H groups in total. The van der Waals surface area contributed by atoms with Crippen molar-refractivity contribution in [3.05, 3.63) is 34.8 Å². The van der Waals surface area contributed by atoms with Gasteiger partial charge in [0.1, 0.15) is 17.6 Å². The lowest BCUT2D eigenvalue weighted by Gasteiger charge is -2.13. The number of furan rings is 1. The van der Waals surface area contributed by atoms with E-state index in [0.717, 1.165) is 12.0 Å². The molecule has 0 amide bonds. The third-order valence-corrected chi connectivity index (χ3v) is 4.14. The van der Waals surface area contributed by atoms with Crippen molar-refractivity contribution < 1.29 is 18.7 Å². The third-order valence-electron chi connectivity index (χ3n) is 4.14. The molecule has 2 aromatic heterocycles. The number of nitrogen functional groups attached to an aromatic ring is 1. The van der Waals surface area contributed by atoms with Crippen LogP contribution in [-0.2, 0) is 9.47 Å². The average Bonchev–Trinajstić information content (AvgIpc) is 3.23. The lowest BCUT2D eigenvalue weighted by Crippen LogP contribution is -2.07. The topological polar surface area (TPSA) is 111 Å². The van der Waals surface area contributed by atoms with E-state index in [1.54, 1.807) is 13.0 Å². The fourth-order valence-electron chi connectivity index (χ4n) is 2.88. The van der Waals surface area contributed by atoms with Crippen LogP contribution in [0, 0.1) is 18.3 Å². The molecule has 3 rings (SSSR count). The van der Waals surface area contributed by atoms with Gasteiger partial charge in [-0.05, 0) is 25.0 Å². The Hall–Kier alpha value is -2.85. The second-order valence-corrected chi connectivity index (χ2v) is 5.60. The molecule has 0 spiro atoms. The molecular weight excluding hydrogens is 310 g/mol. The second kappa shape index (κ2) is 6.34. The molecule has 2 aromatic rings. The maximum Gasteiger partial charge on any atom is 0.373 e. The van der Waals surface area contributed by atoms with E-state index in [9.17, 15) is 10.1 Å². The zero-order valence-electron chi connectivity index (χ0n) is 13.5.